The van der Waals surface area contributed by atoms with Crippen LogP contribution in [0, 0.1) is 12.7 Å². The number of aromatic nitrogens is 3. The summed E-state index contributed by atoms with van der Waals surface area (Å²) in [6.07, 6.45) is 1.34. The molecule has 0 radical (unpaired) electrons. The first kappa shape index (κ1) is 15.4. The predicted molar refractivity (Wildman–Crippen MR) is 79.7 cm³/mol. The number of rotatable bonds is 3. The van der Waals surface area contributed by atoms with Gasteiger partial charge in [0.25, 0.3) is 0 Å². The highest BCUT2D eigenvalue weighted by molar-refractivity contribution is 5.96. The molecular formula is C15H12FN5O3. The fourth-order valence-corrected chi connectivity index (χ4v) is 1.95. The van der Waals surface area contributed by atoms with Crippen LogP contribution in [-0.2, 0) is 0 Å². The maximum Gasteiger partial charge on any atom is 0.309 e. The Hall–Kier alpha value is -3.49. The van der Waals surface area contributed by atoms with Crippen LogP contribution in [0.4, 0.5) is 4.39 Å². The SMILES string of the molecule is Cc1nc(C(=O)NNC(=O)c2ccco2)nn1-c1ccc(F)cc1. The molecule has 1 aromatic carbocycles. The molecule has 2 N–H and O–H groups in total. The summed E-state index contributed by atoms with van der Waals surface area (Å²) in [4.78, 5) is 27.7. The van der Waals surface area contributed by atoms with Gasteiger partial charge in [-0.05, 0) is 43.3 Å². The van der Waals surface area contributed by atoms with E-state index in [4.69, 9.17) is 4.42 Å². The summed E-state index contributed by atoms with van der Waals surface area (Å²) < 4.78 is 19.3. The third kappa shape index (κ3) is 3.14. The van der Waals surface area contributed by atoms with Crippen LogP contribution in [0.2, 0.25) is 0 Å². The molecule has 2 aromatic heterocycles. The van der Waals surface area contributed by atoms with Gasteiger partial charge in [0.15, 0.2) is 5.76 Å². The number of halogens is 1. The van der Waals surface area contributed by atoms with Gasteiger partial charge in [-0.1, -0.05) is 0 Å². The maximum atomic E-state index is 13.0. The first-order chi connectivity index (χ1) is 11.5. The minimum absolute atomic E-state index is 0.0521. The van der Waals surface area contributed by atoms with E-state index in [1.165, 1.54) is 41.3 Å². The van der Waals surface area contributed by atoms with E-state index in [9.17, 15) is 14.0 Å². The third-order valence-electron chi connectivity index (χ3n) is 3.08. The van der Waals surface area contributed by atoms with E-state index < -0.39 is 11.8 Å². The van der Waals surface area contributed by atoms with E-state index in [1.54, 1.807) is 13.0 Å². The van der Waals surface area contributed by atoms with Gasteiger partial charge < -0.3 is 4.42 Å². The molecule has 0 fully saturated rings. The van der Waals surface area contributed by atoms with Crippen molar-refractivity contribution in [3.05, 3.63) is 65.9 Å². The molecule has 0 saturated carbocycles. The molecule has 0 aliphatic rings. The number of hydrogen-bond donors (Lipinski definition) is 2. The molecule has 0 aliphatic heterocycles. The van der Waals surface area contributed by atoms with Crippen LogP contribution in [0.15, 0.2) is 47.1 Å². The molecule has 3 rings (SSSR count). The predicted octanol–water partition coefficient (Wildman–Crippen LogP) is 1.38. The highest BCUT2D eigenvalue weighted by Crippen LogP contribution is 2.10. The lowest BCUT2D eigenvalue weighted by atomic mass is 10.3. The fourth-order valence-electron chi connectivity index (χ4n) is 1.95. The van der Waals surface area contributed by atoms with Crippen LogP contribution >= 0.6 is 0 Å². The van der Waals surface area contributed by atoms with Gasteiger partial charge in [0.1, 0.15) is 11.6 Å². The van der Waals surface area contributed by atoms with Gasteiger partial charge in [0.05, 0.1) is 12.0 Å². The molecule has 24 heavy (non-hydrogen) atoms. The molecule has 0 aliphatic carbocycles. The summed E-state index contributed by atoms with van der Waals surface area (Å²) in [7, 11) is 0. The summed E-state index contributed by atoms with van der Waals surface area (Å²) >= 11 is 0. The second-order valence-electron chi connectivity index (χ2n) is 4.76. The quantitative estimate of drug-likeness (QED) is 0.707. The first-order valence-electron chi connectivity index (χ1n) is 6.88. The Morgan fingerprint density at radius 3 is 2.50 bits per heavy atom. The van der Waals surface area contributed by atoms with Crippen LogP contribution in [-0.4, -0.2) is 26.6 Å². The molecule has 0 unspecified atom stereocenters. The summed E-state index contributed by atoms with van der Waals surface area (Å²) in [6, 6.07) is 8.58. The van der Waals surface area contributed by atoms with Gasteiger partial charge in [-0.2, -0.15) is 0 Å². The minimum Gasteiger partial charge on any atom is -0.459 e. The van der Waals surface area contributed by atoms with Crippen LogP contribution in [0.5, 0.6) is 0 Å². The Kier molecular flexibility index (Phi) is 4.06. The molecule has 0 atom stereocenters. The van der Waals surface area contributed by atoms with E-state index in [1.807, 2.05) is 0 Å². The number of aryl methyl sites for hydroxylation is 1. The second-order valence-corrected chi connectivity index (χ2v) is 4.76. The number of benzene rings is 1. The molecule has 0 spiro atoms. The van der Waals surface area contributed by atoms with Crippen LogP contribution in [0.1, 0.15) is 27.0 Å². The van der Waals surface area contributed by atoms with Crippen molar-refractivity contribution < 1.29 is 18.4 Å². The summed E-state index contributed by atoms with van der Waals surface area (Å²) in [6.45, 7) is 1.65. The van der Waals surface area contributed by atoms with Crippen molar-refractivity contribution in [2.45, 2.75) is 6.92 Å². The van der Waals surface area contributed by atoms with E-state index >= 15 is 0 Å². The largest absolute Gasteiger partial charge is 0.459 e. The Morgan fingerprint density at radius 2 is 1.83 bits per heavy atom. The number of furan rings is 1. The van der Waals surface area contributed by atoms with E-state index in [-0.39, 0.29) is 17.4 Å². The van der Waals surface area contributed by atoms with Crippen LogP contribution in [0.3, 0.4) is 0 Å². The lowest BCUT2D eigenvalue weighted by Gasteiger charge is -2.03. The normalized spacial score (nSPS) is 10.4. The number of nitrogens with one attached hydrogen (secondary N) is 2. The lowest BCUT2D eigenvalue weighted by Crippen LogP contribution is -2.42. The number of nitrogens with zero attached hydrogens (tertiary/aromatic N) is 3. The van der Waals surface area contributed by atoms with E-state index in [0.29, 0.717) is 11.5 Å². The Labute approximate surface area is 135 Å². The Morgan fingerprint density at radius 1 is 1.12 bits per heavy atom. The number of amides is 2. The van der Waals surface area contributed by atoms with E-state index in [2.05, 4.69) is 20.9 Å². The fraction of sp³-hybridized carbons (Fsp3) is 0.0667. The molecular weight excluding hydrogens is 317 g/mol. The van der Waals surface area contributed by atoms with Crippen molar-refractivity contribution in [1.82, 2.24) is 25.6 Å². The standard InChI is InChI=1S/C15H12FN5O3/c1-9-17-13(20-21(9)11-6-4-10(16)5-7-11)15(23)19-18-14(22)12-3-2-8-24-12/h2-8H,1H3,(H,18,22)(H,19,23). The lowest BCUT2D eigenvalue weighted by molar-refractivity contribution is 0.0826. The van der Waals surface area contributed by atoms with Gasteiger partial charge in [-0.15, -0.1) is 5.10 Å². The van der Waals surface area contributed by atoms with Gasteiger partial charge >= 0.3 is 11.8 Å². The summed E-state index contributed by atoms with van der Waals surface area (Å²) in [5, 5.41) is 4.05. The highest BCUT2D eigenvalue weighted by atomic mass is 19.1. The molecule has 2 heterocycles. The van der Waals surface area contributed by atoms with Crippen LogP contribution in [0.25, 0.3) is 5.69 Å². The highest BCUT2D eigenvalue weighted by Gasteiger charge is 2.17. The zero-order chi connectivity index (χ0) is 17.1. The van der Waals surface area contributed by atoms with Crippen molar-refractivity contribution in [1.29, 1.82) is 0 Å². The van der Waals surface area contributed by atoms with Crippen molar-refractivity contribution in [3.63, 3.8) is 0 Å². The number of hydrazine groups is 1. The summed E-state index contributed by atoms with van der Waals surface area (Å²) in [5.74, 6) is -1.34. The molecule has 8 nitrogen and oxygen atoms in total. The monoisotopic (exact) mass is 329 g/mol. The first-order valence-corrected chi connectivity index (χ1v) is 6.88. The Balaban J connectivity index is 1.71. The molecule has 0 bridgehead atoms. The zero-order valence-electron chi connectivity index (χ0n) is 12.5. The molecule has 122 valence electrons. The topological polar surface area (TPSA) is 102 Å². The van der Waals surface area contributed by atoms with Crippen molar-refractivity contribution in [3.8, 4) is 5.69 Å². The molecule has 9 heteroatoms. The molecule has 2 amide bonds. The number of hydrogen-bond acceptors (Lipinski definition) is 5. The van der Waals surface area contributed by atoms with Crippen molar-refractivity contribution >= 4 is 11.8 Å². The van der Waals surface area contributed by atoms with E-state index in [0.717, 1.165) is 0 Å². The molecule has 3 aromatic rings. The second kappa shape index (κ2) is 6.32. The van der Waals surface area contributed by atoms with Crippen molar-refractivity contribution in [2.24, 2.45) is 0 Å². The average molecular weight is 329 g/mol. The van der Waals surface area contributed by atoms with Gasteiger partial charge in [0, 0.05) is 0 Å². The zero-order valence-corrected chi connectivity index (χ0v) is 12.5. The molecule has 0 saturated heterocycles. The van der Waals surface area contributed by atoms with Gasteiger partial charge in [0.2, 0.25) is 5.82 Å². The number of carbonyl (C=O) groups excluding carboxylic acids is 2. The third-order valence-corrected chi connectivity index (χ3v) is 3.08. The van der Waals surface area contributed by atoms with Crippen LogP contribution < -0.4 is 10.9 Å². The Bertz CT molecular complexity index is 871. The van der Waals surface area contributed by atoms with Crippen molar-refractivity contribution in [2.75, 3.05) is 0 Å². The average Bonchev–Trinajstić information content (AvgIpc) is 3.23. The maximum absolute atomic E-state index is 13.0. The van der Waals surface area contributed by atoms with Gasteiger partial charge in [-0.25, -0.2) is 14.1 Å². The smallest absolute Gasteiger partial charge is 0.309 e. The van der Waals surface area contributed by atoms with Gasteiger partial charge in [-0.3, -0.25) is 20.4 Å². The number of carbonyl (C=O) groups is 2. The minimum atomic E-state index is -0.695. The summed E-state index contributed by atoms with van der Waals surface area (Å²) in [5.41, 5.74) is 4.94.